The van der Waals surface area contributed by atoms with Crippen LogP contribution >= 0.6 is 11.6 Å². The van der Waals surface area contributed by atoms with E-state index in [9.17, 15) is 14.4 Å². The molecule has 0 aromatic heterocycles. The fourth-order valence-corrected chi connectivity index (χ4v) is 2.26. The van der Waals surface area contributed by atoms with Crippen molar-refractivity contribution < 1.29 is 19.1 Å². The molecule has 0 bridgehead atoms. The highest BCUT2D eigenvalue weighted by molar-refractivity contribution is 6.31. The third-order valence-corrected chi connectivity index (χ3v) is 3.71. The fraction of sp³-hybridized carbons (Fsp3) is 0.167. The van der Waals surface area contributed by atoms with Gasteiger partial charge in [0.05, 0.1) is 12.7 Å². The Morgan fingerprint density at radius 3 is 2.32 bits per heavy atom. The molecule has 0 aliphatic carbocycles. The lowest BCUT2D eigenvalue weighted by molar-refractivity contribution is -0.126. The summed E-state index contributed by atoms with van der Waals surface area (Å²) in [6.07, 6.45) is -0.316. The molecule has 0 atom stereocenters. The summed E-state index contributed by atoms with van der Waals surface area (Å²) >= 11 is 6.00. The van der Waals surface area contributed by atoms with E-state index >= 15 is 0 Å². The number of esters is 1. The highest BCUT2D eigenvalue weighted by Gasteiger charge is 2.11. The van der Waals surface area contributed by atoms with Crippen LogP contribution in [0, 0.1) is 0 Å². The third kappa shape index (κ3) is 5.61. The van der Waals surface area contributed by atoms with Crippen molar-refractivity contribution in [2.75, 3.05) is 12.4 Å². The Bertz CT molecular complexity index is 775. The second-order valence-electron chi connectivity index (χ2n) is 5.16. The van der Waals surface area contributed by atoms with Crippen molar-refractivity contribution in [2.45, 2.75) is 13.0 Å². The van der Waals surface area contributed by atoms with Crippen molar-refractivity contribution in [1.29, 1.82) is 0 Å². The molecule has 0 fully saturated rings. The maximum Gasteiger partial charge on any atom is 0.337 e. The Balaban J connectivity index is 1.82. The molecule has 130 valence electrons. The van der Waals surface area contributed by atoms with Crippen LogP contribution in [0.2, 0.25) is 5.02 Å². The van der Waals surface area contributed by atoms with Crippen LogP contribution in [0.3, 0.4) is 0 Å². The molecule has 25 heavy (non-hydrogen) atoms. The van der Waals surface area contributed by atoms with Crippen molar-refractivity contribution in [1.82, 2.24) is 5.32 Å². The molecule has 2 aromatic carbocycles. The molecule has 2 amide bonds. The Morgan fingerprint density at radius 2 is 1.68 bits per heavy atom. The Morgan fingerprint density at radius 1 is 1.00 bits per heavy atom. The zero-order valence-corrected chi connectivity index (χ0v) is 14.3. The van der Waals surface area contributed by atoms with Crippen molar-refractivity contribution in [3.63, 3.8) is 0 Å². The number of methoxy groups -OCH3 is 1. The smallest absolute Gasteiger partial charge is 0.337 e. The Hall–Kier alpha value is -2.86. The zero-order chi connectivity index (χ0) is 18.2. The normalized spacial score (nSPS) is 10.0. The average molecular weight is 361 g/mol. The van der Waals surface area contributed by atoms with Crippen molar-refractivity contribution in [2.24, 2.45) is 0 Å². The van der Waals surface area contributed by atoms with Gasteiger partial charge in [0.15, 0.2) is 0 Å². The van der Waals surface area contributed by atoms with Crippen LogP contribution in [0.5, 0.6) is 0 Å². The van der Waals surface area contributed by atoms with E-state index in [2.05, 4.69) is 15.4 Å². The minimum Gasteiger partial charge on any atom is -0.465 e. The van der Waals surface area contributed by atoms with Gasteiger partial charge >= 0.3 is 5.97 Å². The molecule has 0 radical (unpaired) electrons. The quantitative estimate of drug-likeness (QED) is 0.612. The number of ether oxygens (including phenoxy) is 1. The van der Waals surface area contributed by atoms with Crippen LogP contribution in [-0.4, -0.2) is 24.9 Å². The summed E-state index contributed by atoms with van der Waals surface area (Å²) in [6.45, 7) is 0.250. The summed E-state index contributed by atoms with van der Waals surface area (Å²) in [5, 5.41) is 5.78. The van der Waals surface area contributed by atoms with E-state index in [1.807, 2.05) is 6.07 Å². The number of benzene rings is 2. The lowest BCUT2D eigenvalue weighted by Crippen LogP contribution is -2.27. The third-order valence-electron chi connectivity index (χ3n) is 3.34. The molecule has 7 heteroatoms. The van der Waals surface area contributed by atoms with Crippen molar-refractivity contribution >= 4 is 35.1 Å². The maximum atomic E-state index is 11.9. The number of halogens is 1. The van der Waals surface area contributed by atoms with E-state index in [-0.39, 0.29) is 13.0 Å². The van der Waals surface area contributed by atoms with Crippen LogP contribution in [0.4, 0.5) is 5.69 Å². The van der Waals surface area contributed by atoms with Crippen molar-refractivity contribution in [3.05, 3.63) is 64.7 Å². The second-order valence-corrected chi connectivity index (χ2v) is 5.57. The molecule has 0 spiro atoms. The van der Waals surface area contributed by atoms with Crippen LogP contribution in [0.25, 0.3) is 0 Å². The molecular weight excluding hydrogens is 344 g/mol. The Kier molecular flexibility index (Phi) is 6.54. The lowest BCUT2D eigenvalue weighted by atomic mass is 10.2. The topological polar surface area (TPSA) is 84.5 Å². The minimum absolute atomic E-state index is 0.250. The zero-order valence-electron chi connectivity index (χ0n) is 13.5. The first kappa shape index (κ1) is 18.5. The molecule has 0 saturated heterocycles. The van der Waals surface area contributed by atoms with Crippen LogP contribution < -0.4 is 10.6 Å². The summed E-state index contributed by atoms with van der Waals surface area (Å²) < 4.78 is 4.59. The van der Waals surface area contributed by atoms with Gasteiger partial charge in [-0.25, -0.2) is 4.79 Å². The van der Waals surface area contributed by atoms with Gasteiger partial charge in [-0.15, -0.1) is 0 Å². The summed E-state index contributed by atoms with van der Waals surface area (Å²) in [7, 11) is 1.29. The van der Waals surface area contributed by atoms with E-state index in [4.69, 9.17) is 11.6 Å². The predicted molar refractivity (Wildman–Crippen MR) is 94.3 cm³/mol. The van der Waals surface area contributed by atoms with Crippen molar-refractivity contribution in [3.8, 4) is 0 Å². The van der Waals surface area contributed by atoms with E-state index in [1.54, 1.807) is 30.3 Å². The Labute approximate surface area is 150 Å². The molecule has 0 unspecified atom stereocenters. The van der Waals surface area contributed by atoms with E-state index in [0.29, 0.717) is 16.3 Å². The summed E-state index contributed by atoms with van der Waals surface area (Å²) in [5.41, 5.74) is 1.63. The average Bonchev–Trinajstić information content (AvgIpc) is 2.61. The molecule has 0 saturated carbocycles. The molecule has 2 N–H and O–H groups in total. The number of carbonyl (C=O) groups excluding carboxylic acids is 3. The lowest BCUT2D eigenvalue weighted by Gasteiger charge is -2.08. The first-order valence-corrected chi connectivity index (χ1v) is 7.85. The number of anilines is 1. The fourth-order valence-electron chi connectivity index (χ4n) is 2.06. The molecule has 6 nitrogen and oxygen atoms in total. The van der Waals surface area contributed by atoms with Gasteiger partial charge in [-0.3, -0.25) is 9.59 Å². The second kappa shape index (κ2) is 8.84. The number of nitrogens with one attached hydrogen (secondary N) is 2. The number of amides is 2. The van der Waals surface area contributed by atoms with Crippen LogP contribution in [0.1, 0.15) is 22.3 Å². The largest absolute Gasteiger partial charge is 0.465 e. The molecule has 2 rings (SSSR count). The monoisotopic (exact) mass is 360 g/mol. The van der Waals surface area contributed by atoms with Gasteiger partial charge < -0.3 is 15.4 Å². The highest BCUT2D eigenvalue weighted by atomic mass is 35.5. The summed E-state index contributed by atoms with van der Waals surface area (Å²) in [6, 6.07) is 13.3. The molecule has 0 aliphatic heterocycles. The van der Waals surface area contributed by atoms with Gasteiger partial charge in [0.25, 0.3) is 0 Å². The molecule has 2 aromatic rings. The van der Waals surface area contributed by atoms with Gasteiger partial charge in [0, 0.05) is 17.3 Å². The molecule has 0 heterocycles. The predicted octanol–water partition coefficient (Wildman–Crippen LogP) is 2.77. The highest BCUT2D eigenvalue weighted by Crippen LogP contribution is 2.14. The SMILES string of the molecule is COC(=O)c1ccc(NC(=O)CC(=O)NCc2ccccc2Cl)cc1. The molecular formula is C18H17ClN2O4. The van der Waals surface area contributed by atoms with Gasteiger partial charge in [0.1, 0.15) is 6.42 Å². The first-order valence-electron chi connectivity index (χ1n) is 7.48. The van der Waals surface area contributed by atoms with E-state index in [1.165, 1.54) is 19.2 Å². The first-order chi connectivity index (χ1) is 12.0. The summed E-state index contributed by atoms with van der Waals surface area (Å²) in [5.74, 6) is -1.33. The van der Waals surface area contributed by atoms with E-state index in [0.717, 1.165) is 5.56 Å². The minimum atomic E-state index is -0.461. The molecule has 0 aliphatic rings. The number of hydrogen-bond donors (Lipinski definition) is 2. The number of carbonyl (C=O) groups is 3. The van der Waals surface area contributed by atoms with Crippen LogP contribution in [0.15, 0.2) is 48.5 Å². The number of hydrogen-bond acceptors (Lipinski definition) is 4. The van der Waals surface area contributed by atoms with Gasteiger partial charge in [-0.05, 0) is 35.9 Å². The van der Waals surface area contributed by atoms with E-state index < -0.39 is 17.8 Å². The van der Waals surface area contributed by atoms with Gasteiger partial charge in [-0.2, -0.15) is 0 Å². The summed E-state index contributed by atoms with van der Waals surface area (Å²) in [4.78, 5) is 35.1. The van der Waals surface area contributed by atoms with Gasteiger partial charge in [0.2, 0.25) is 11.8 Å². The maximum absolute atomic E-state index is 11.9. The standard InChI is InChI=1S/C18H17ClN2O4/c1-25-18(24)12-6-8-14(9-7-12)21-17(23)10-16(22)20-11-13-4-2-3-5-15(13)19/h2-9H,10-11H2,1H3,(H,20,22)(H,21,23). The van der Waals surface area contributed by atoms with Gasteiger partial charge in [-0.1, -0.05) is 29.8 Å². The van der Waals surface area contributed by atoms with Crippen LogP contribution in [-0.2, 0) is 20.9 Å². The number of rotatable bonds is 6.